The summed E-state index contributed by atoms with van der Waals surface area (Å²) in [5.41, 5.74) is 0.545. The summed E-state index contributed by atoms with van der Waals surface area (Å²) in [5.74, 6) is 0.180. The normalized spacial score (nSPS) is 16.4. The van der Waals surface area contributed by atoms with Crippen molar-refractivity contribution in [2.45, 2.75) is 40.0 Å². The van der Waals surface area contributed by atoms with Crippen molar-refractivity contribution in [1.82, 2.24) is 0 Å². The first-order valence-electron chi connectivity index (χ1n) is 6.29. The van der Waals surface area contributed by atoms with Crippen LogP contribution >= 0.6 is 11.3 Å². The highest BCUT2D eigenvalue weighted by Gasteiger charge is 2.29. The highest BCUT2D eigenvalue weighted by atomic mass is 32.1. The van der Waals surface area contributed by atoms with Crippen LogP contribution in [0.2, 0.25) is 0 Å². The van der Waals surface area contributed by atoms with E-state index in [1.54, 1.807) is 16.2 Å². The van der Waals surface area contributed by atoms with Crippen LogP contribution in [0.15, 0.2) is 11.4 Å². The lowest BCUT2D eigenvalue weighted by molar-refractivity contribution is -0.127. The van der Waals surface area contributed by atoms with E-state index >= 15 is 0 Å². The number of amides is 1. The number of thiophene rings is 1. The van der Waals surface area contributed by atoms with Gasteiger partial charge in [-0.2, -0.15) is 0 Å². The Bertz CT molecular complexity index is 470. The number of hydrogen-bond acceptors (Lipinski definition) is 3. The predicted molar refractivity (Wildman–Crippen MR) is 74.1 cm³/mol. The quantitative estimate of drug-likeness (QED) is 0.824. The Morgan fingerprint density at radius 2 is 2.11 bits per heavy atom. The Balaban J connectivity index is 2.26. The molecule has 0 atom stereocenters. The number of ketones is 1. The Morgan fingerprint density at radius 3 is 2.78 bits per heavy atom. The van der Waals surface area contributed by atoms with Crippen molar-refractivity contribution in [2.24, 2.45) is 5.41 Å². The van der Waals surface area contributed by atoms with Crippen molar-refractivity contribution >= 4 is 28.7 Å². The summed E-state index contributed by atoms with van der Waals surface area (Å²) in [4.78, 5) is 27.1. The number of carbonyl (C=O) groups is 2. The molecular weight excluding hydrogens is 246 g/mol. The number of nitrogens with zero attached hydrogens (tertiary/aromatic N) is 1. The smallest absolute Gasteiger partial charge is 0.227 e. The van der Waals surface area contributed by atoms with E-state index in [4.69, 9.17) is 0 Å². The van der Waals surface area contributed by atoms with Crippen LogP contribution in [0, 0.1) is 5.41 Å². The molecule has 0 N–H and O–H groups in total. The molecule has 98 valence electrons. The van der Waals surface area contributed by atoms with Crippen LogP contribution in [0.4, 0.5) is 5.69 Å². The van der Waals surface area contributed by atoms with Crippen molar-refractivity contribution in [1.29, 1.82) is 0 Å². The molecule has 1 aromatic heterocycles. The Morgan fingerprint density at radius 1 is 1.39 bits per heavy atom. The number of fused-ring (bicyclic) bond motifs is 1. The molecule has 2 heterocycles. The predicted octanol–water partition coefficient (Wildman–Crippen LogP) is 3.03. The Labute approximate surface area is 112 Å². The van der Waals surface area contributed by atoms with Crippen molar-refractivity contribution in [3.8, 4) is 0 Å². The number of anilines is 1. The molecule has 0 radical (unpaired) electrons. The minimum absolute atomic E-state index is 0.0738. The summed E-state index contributed by atoms with van der Waals surface area (Å²) >= 11 is 1.67. The molecule has 0 spiro atoms. The zero-order chi connectivity index (χ0) is 13.3. The van der Waals surface area contributed by atoms with E-state index in [0.717, 1.165) is 18.5 Å². The second-order valence-electron chi connectivity index (χ2n) is 5.74. The van der Waals surface area contributed by atoms with Gasteiger partial charge in [-0.05, 0) is 24.3 Å². The van der Waals surface area contributed by atoms with Gasteiger partial charge in [-0.25, -0.2) is 0 Å². The minimum Gasteiger partial charge on any atom is -0.304 e. The third-order valence-corrected chi connectivity index (χ3v) is 4.22. The summed E-state index contributed by atoms with van der Waals surface area (Å²) in [6.45, 7) is 5.89. The van der Waals surface area contributed by atoms with E-state index in [1.165, 1.54) is 4.88 Å². The van der Waals surface area contributed by atoms with Crippen molar-refractivity contribution < 1.29 is 9.59 Å². The molecule has 2 rings (SSSR count). The van der Waals surface area contributed by atoms with Gasteiger partial charge in [0.25, 0.3) is 0 Å². The van der Waals surface area contributed by atoms with Gasteiger partial charge < -0.3 is 4.90 Å². The average molecular weight is 265 g/mol. The van der Waals surface area contributed by atoms with Crippen LogP contribution in [-0.2, 0) is 16.0 Å². The molecule has 3 nitrogen and oxygen atoms in total. The minimum atomic E-state index is -0.400. The second kappa shape index (κ2) is 4.84. The molecule has 1 aliphatic rings. The zero-order valence-electron chi connectivity index (χ0n) is 11.2. The molecule has 1 aromatic rings. The number of rotatable bonds is 2. The van der Waals surface area contributed by atoms with Gasteiger partial charge in [-0.15, -0.1) is 11.3 Å². The van der Waals surface area contributed by atoms with Crippen LogP contribution < -0.4 is 4.90 Å². The molecule has 1 amide bonds. The van der Waals surface area contributed by atoms with E-state index < -0.39 is 5.41 Å². The topological polar surface area (TPSA) is 37.4 Å². The molecule has 4 heteroatoms. The summed E-state index contributed by atoms with van der Waals surface area (Å²) < 4.78 is 0. The molecule has 0 saturated carbocycles. The van der Waals surface area contributed by atoms with Crippen molar-refractivity contribution in [3.63, 3.8) is 0 Å². The third kappa shape index (κ3) is 2.64. The van der Waals surface area contributed by atoms with E-state index in [2.05, 4.69) is 0 Å². The molecular formula is C14H19NO2S. The highest BCUT2D eigenvalue weighted by Crippen LogP contribution is 2.32. The summed E-state index contributed by atoms with van der Waals surface area (Å²) in [6.07, 6.45) is 2.37. The van der Waals surface area contributed by atoms with Crippen molar-refractivity contribution in [3.05, 3.63) is 16.3 Å². The third-order valence-electron chi connectivity index (χ3n) is 3.25. The van der Waals surface area contributed by atoms with E-state index in [0.29, 0.717) is 6.42 Å². The molecule has 1 aliphatic heterocycles. The lowest BCUT2D eigenvalue weighted by Crippen LogP contribution is -2.39. The molecule has 0 bridgehead atoms. The first-order valence-corrected chi connectivity index (χ1v) is 7.17. The van der Waals surface area contributed by atoms with Crippen LogP contribution in [0.3, 0.4) is 0 Å². The Kier molecular flexibility index (Phi) is 3.57. The van der Waals surface area contributed by atoms with Gasteiger partial charge in [0.15, 0.2) is 5.78 Å². The Hall–Kier alpha value is -1.16. The largest absolute Gasteiger partial charge is 0.304 e. The van der Waals surface area contributed by atoms with E-state index in [1.807, 2.05) is 32.2 Å². The number of aryl methyl sites for hydroxylation is 1. The van der Waals surface area contributed by atoms with Crippen molar-refractivity contribution in [2.75, 3.05) is 11.4 Å². The first-order chi connectivity index (χ1) is 8.39. The van der Waals surface area contributed by atoms with E-state index in [9.17, 15) is 9.59 Å². The van der Waals surface area contributed by atoms with Crippen LogP contribution in [-0.4, -0.2) is 18.2 Å². The molecule has 18 heavy (non-hydrogen) atoms. The SMILES string of the molecule is CC(C)(C)C(=O)CN1C(=O)CCCc2sccc21. The van der Waals surface area contributed by atoms with Gasteiger partial charge in [0.2, 0.25) is 5.91 Å². The maximum atomic E-state index is 12.1. The molecule has 0 saturated heterocycles. The lowest BCUT2D eigenvalue weighted by Gasteiger charge is -2.25. The zero-order valence-corrected chi connectivity index (χ0v) is 12.0. The maximum Gasteiger partial charge on any atom is 0.227 e. The van der Waals surface area contributed by atoms with Crippen LogP contribution in [0.5, 0.6) is 0 Å². The van der Waals surface area contributed by atoms with Crippen LogP contribution in [0.1, 0.15) is 38.5 Å². The summed E-state index contributed by atoms with van der Waals surface area (Å²) in [7, 11) is 0. The number of carbonyl (C=O) groups excluding carboxylic acids is 2. The monoisotopic (exact) mass is 265 g/mol. The fourth-order valence-corrected chi connectivity index (χ4v) is 2.91. The van der Waals surface area contributed by atoms with Gasteiger partial charge >= 0.3 is 0 Å². The lowest BCUT2D eigenvalue weighted by atomic mass is 9.90. The molecule has 0 fully saturated rings. The molecule has 0 aliphatic carbocycles. The second-order valence-corrected chi connectivity index (χ2v) is 6.74. The van der Waals surface area contributed by atoms with Gasteiger partial charge in [0, 0.05) is 16.7 Å². The summed E-state index contributed by atoms with van der Waals surface area (Å²) in [6, 6.07) is 1.96. The highest BCUT2D eigenvalue weighted by molar-refractivity contribution is 7.10. The molecule has 0 aromatic carbocycles. The number of Topliss-reactive ketones (excluding diaryl/α,β-unsaturated/α-hetero) is 1. The van der Waals surface area contributed by atoms with Gasteiger partial charge in [0.05, 0.1) is 12.2 Å². The van der Waals surface area contributed by atoms with Gasteiger partial charge in [0.1, 0.15) is 0 Å². The maximum absolute atomic E-state index is 12.1. The average Bonchev–Trinajstić information content (AvgIpc) is 2.67. The fourth-order valence-electron chi connectivity index (χ4n) is 1.99. The molecule has 0 unspecified atom stereocenters. The van der Waals surface area contributed by atoms with E-state index in [-0.39, 0.29) is 18.2 Å². The standard InChI is InChI=1S/C14H19NO2S/c1-14(2,3)12(16)9-15-10-7-8-18-11(10)5-4-6-13(15)17/h7-8H,4-6,9H2,1-3H3. The summed E-state index contributed by atoms with van der Waals surface area (Å²) in [5, 5.41) is 2.00. The van der Waals surface area contributed by atoms with Crippen LogP contribution in [0.25, 0.3) is 0 Å². The fraction of sp³-hybridized carbons (Fsp3) is 0.571. The first kappa shape index (κ1) is 13.3. The number of hydrogen-bond donors (Lipinski definition) is 0. The van der Waals surface area contributed by atoms with Gasteiger partial charge in [-0.3, -0.25) is 9.59 Å². The van der Waals surface area contributed by atoms with Gasteiger partial charge in [-0.1, -0.05) is 20.8 Å².